The molecule has 0 spiro atoms. The van der Waals surface area contributed by atoms with E-state index >= 15 is 0 Å². The average molecular weight is 245 g/mol. The van der Waals surface area contributed by atoms with Crippen molar-refractivity contribution in [1.82, 2.24) is 4.98 Å². The molecule has 0 aliphatic rings. The molecule has 0 bridgehead atoms. The Hall–Kier alpha value is -1.48. The molecule has 1 aromatic heterocycles. The molecule has 0 aliphatic heterocycles. The van der Waals surface area contributed by atoms with Crippen LogP contribution < -0.4 is 5.19 Å². The fourth-order valence-electron chi connectivity index (χ4n) is 1.66. The minimum absolute atomic E-state index is 0.224. The lowest BCUT2D eigenvalue weighted by Crippen LogP contribution is -2.37. The third-order valence-electron chi connectivity index (χ3n) is 2.75. The Kier molecular flexibility index (Phi) is 3.11. The fourth-order valence-corrected chi connectivity index (χ4v) is 2.69. The summed E-state index contributed by atoms with van der Waals surface area (Å²) in [4.78, 5) is 4.42. The SMILES string of the molecule is C[Si](C)(C)c1ccc(-c2cccc(F)c2)nc1. The third kappa shape index (κ3) is 2.80. The summed E-state index contributed by atoms with van der Waals surface area (Å²) in [6, 6.07) is 10.6. The average Bonchev–Trinajstić information content (AvgIpc) is 2.28. The zero-order valence-electron chi connectivity index (χ0n) is 10.4. The summed E-state index contributed by atoms with van der Waals surface area (Å²) in [5.41, 5.74) is 1.65. The zero-order chi connectivity index (χ0) is 12.5. The van der Waals surface area contributed by atoms with Crippen molar-refractivity contribution in [2.45, 2.75) is 19.6 Å². The second-order valence-corrected chi connectivity index (χ2v) is 10.3. The standard InChI is InChI=1S/C14H16FNSi/c1-17(2,3)13-7-8-14(16-10-13)11-5-4-6-12(15)9-11/h4-10H,1-3H3. The topological polar surface area (TPSA) is 12.9 Å². The summed E-state index contributed by atoms with van der Waals surface area (Å²) in [7, 11) is -1.30. The predicted molar refractivity (Wildman–Crippen MR) is 72.6 cm³/mol. The first-order valence-corrected chi connectivity index (χ1v) is 9.19. The highest BCUT2D eigenvalue weighted by atomic mass is 28.3. The molecule has 1 aromatic carbocycles. The fraction of sp³-hybridized carbons (Fsp3) is 0.214. The van der Waals surface area contributed by atoms with Crippen molar-refractivity contribution in [3.05, 3.63) is 48.4 Å². The molecule has 1 heterocycles. The van der Waals surface area contributed by atoms with Crippen LogP contribution in [-0.4, -0.2) is 13.1 Å². The maximum absolute atomic E-state index is 13.1. The normalized spacial score (nSPS) is 11.5. The van der Waals surface area contributed by atoms with Crippen LogP contribution in [0.25, 0.3) is 11.3 Å². The van der Waals surface area contributed by atoms with E-state index in [-0.39, 0.29) is 5.82 Å². The first-order valence-electron chi connectivity index (χ1n) is 5.69. The van der Waals surface area contributed by atoms with Crippen molar-refractivity contribution < 1.29 is 4.39 Å². The number of pyridine rings is 1. The van der Waals surface area contributed by atoms with Crippen LogP contribution in [0.1, 0.15) is 0 Å². The van der Waals surface area contributed by atoms with Crippen LogP contribution in [0.4, 0.5) is 4.39 Å². The van der Waals surface area contributed by atoms with Gasteiger partial charge in [0.15, 0.2) is 0 Å². The van der Waals surface area contributed by atoms with Crippen LogP contribution in [0.3, 0.4) is 0 Å². The Morgan fingerprint density at radius 1 is 1.06 bits per heavy atom. The van der Waals surface area contributed by atoms with Gasteiger partial charge in [0, 0.05) is 11.8 Å². The van der Waals surface area contributed by atoms with E-state index in [0.29, 0.717) is 0 Å². The van der Waals surface area contributed by atoms with Crippen molar-refractivity contribution in [3.8, 4) is 11.3 Å². The van der Waals surface area contributed by atoms with Gasteiger partial charge in [0.1, 0.15) is 5.82 Å². The number of aromatic nitrogens is 1. The largest absolute Gasteiger partial charge is 0.256 e. The molecule has 0 unspecified atom stereocenters. The molecular weight excluding hydrogens is 229 g/mol. The Labute approximate surface area is 102 Å². The lowest BCUT2D eigenvalue weighted by atomic mass is 10.1. The Balaban J connectivity index is 2.36. The second-order valence-electron chi connectivity index (χ2n) is 5.19. The van der Waals surface area contributed by atoms with Gasteiger partial charge in [-0.3, -0.25) is 4.98 Å². The summed E-state index contributed by atoms with van der Waals surface area (Å²) in [6.07, 6.45) is 1.92. The maximum Gasteiger partial charge on any atom is 0.123 e. The van der Waals surface area contributed by atoms with E-state index in [9.17, 15) is 4.39 Å². The molecule has 0 radical (unpaired) electrons. The van der Waals surface area contributed by atoms with Gasteiger partial charge >= 0.3 is 0 Å². The second kappa shape index (κ2) is 4.41. The molecule has 3 heteroatoms. The number of hydrogen-bond acceptors (Lipinski definition) is 1. The minimum Gasteiger partial charge on any atom is -0.256 e. The Morgan fingerprint density at radius 3 is 2.35 bits per heavy atom. The number of hydrogen-bond donors (Lipinski definition) is 0. The first-order chi connectivity index (χ1) is 7.97. The molecule has 0 saturated carbocycles. The van der Waals surface area contributed by atoms with E-state index in [0.717, 1.165) is 11.3 Å². The molecule has 0 aliphatic carbocycles. The van der Waals surface area contributed by atoms with E-state index in [2.05, 4.69) is 30.7 Å². The van der Waals surface area contributed by atoms with Crippen LogP contribution >= 0.6 is 0 Å². The van der Waals surface area contributed by atoms with Crippen molar-refractivity contribution in [2.75, 3.05) is 0 Å². The molecule has 2 rings (SSSR count). The highest BCUT2D eigenvalue weighted by Gasteiger charge is 2.16. The van der Waals surface area contributed by atoms with Gasteiger partial charge in [0.05, 0.1) is 13.8 Å². The van der Waals surface area contributed by atoms with Gasteiger partial charge in [-0.05, 0) is 23.4 Å². The monoisotopic (exact) mass is 245 g/mol. The van der Waals surface area contributed by atoms with E-state index in [1.807, 2.05) is 18.3 Å². The van der Waals surface area contributed by atoms with Crippen molar-refractivity contribution in [1.29, 1.82) is 0 Å². The Bertz CT molecular complexity index is 514. The van der Waals surface area contributed by atoms with Crippen LogP contribution in [0.15, 0.2) is 42.6 Å². The van der Waals surface area contributed by atoms with Gasteiger partial charge < -0.3 is 0 Å². The van der Waals surface area contributed by atoms with Gasteiger partial charge in [-0.25, -0.2) is 4.39 Å². The quantitative estimate of drug-likeness (QED) is 0.739. The third-order valence-corrected chi connectivity index (χ3v) is 4.78. The first kappa shape index (κ1) is 12.0. The lowest BCUT2D eigenvalue weighted by molar-refractivity contribution is 0.628. The van der Waals surface area contributed by atoms with Gasteiger partial charge in [-0.2, -0.15) is 0 Å². The van der Waals surface area contributed by atoms with Gasteiger partial charge in [0.2, 0.25) is 0 Å². The van der Waals surface area contributed by atoms with Crippen molar-refractivity contribution in [2.24, 2.45) is 0 Å². The van der Waals surface area contributed by atoms with E-state index in [4.69, 9.17) is 0 Å². The number of halogens is 1. The highest BCUT2D eigenvalue weighted by molar-refractivity contribution is 6.88. The summed E-state index contributed by atoms with van der Waals surface area (Å²) in [5.74, 6) is -0.224. The predicted octanol–water partition coefficient (Wildman–Crippen LogP) is 3.43. The van der Waals surface area contributed by atoms with Crippen LogP contribution in [0.2, 0.25) is 19.6 Å². The van der Waals surface area contributed by atoms with Gasteiger partial charge in [-0.15, -0.1) is 0 Å². The number of nitrogens with zero attached hydrogens (tertiary/aromatic N) is 1. The lowest BCUT2D eigenvalue weighted by Gasteiger charge is -2.16. The van der Waals surface area contributed by atoms with Gasteiger partial charge in [0.25, 0.3) is 0 Å². The summed E-state index contributed by atoms with van der Waals surface area (Å²) >= 11 is 0. The molecule has 0 amide bonds. The van der Waals surface area contributed by atoms with E-state index in [1.165, 1.54) is 17.3 Å². The molecule has 0 saturated heterocycles. The molecule has 17 heavy (non-hydrogen) atoms. The smallest absolute Gasteiger partial charge is 0.123 e. The molecular formula is C14H16FNSi. The molecule has 1 nitrogen and oxygen atoms in total. The maximum atomic E-state index is 13.1. The van der Waals surface area contributed by atoms with Crippen molar-refractivity contribution >= 4 is 13.3 Å². The summed E-state index contributed by atoms with van der Waals surface area (Å²) < 4.78 is 13.1. The Morgan fingerprint density at radius 2 is 1.82 bits per heavy atom. The van der Waals surface area contributed by atoms with Crippen LogP contribution in [0, 0.1) is 5.82 Å². The number of rotatable bonds is 2. The molecule has 0 atom stereocenters. The van der Waals surface area contributed by atoms with E-state index < -0.39 is 8.07 Å². The summed E-state index contributed by atoms with van der Waals surface area (Å²) in [5, 5.41) is 1.32. The van der Waals surface area contributed by atoms with Gasteiger partial charge in [-0.1, -0.05) is 37.8 Å². The summed E-state index contributed by atoms with van der Waals surface area (Å²) in [6.45, 7) is 6.85. The van der Waals surface area contributed by atoms with Crippen LogP contribution in [-0.2, 0) is 0 Å². The zero-order valence-corrected chi connectivity index (χ0v) is 11.4. The number of benzene rings is 1. The molecule has 0 fully saturated rings. The van der Waals surface area contributed by atoms with E-state index in [1.54, 1.807) is 6.07 Å². The molecule has 0 N–H and O–H groups in total. The van der Waals surface area contributed by atoms with Crippen molar-refractivity contribution in [3.63, 3.8) is 0 Å². The molecule has 2 aromatic rings. The highest BCUT2D eigenvalue weighted by Crippen LogP contribution is 2.17. The van der Waals surface area contributed by atoms with Crippen LogP contribution in [0.5, 0.6) is 0 Å². The molecule has 88 valence electrons. The minimum atomic E-state index is -1.30.